The van der Waals surface area contributed by atoms with E-state index in [-0.39, 0.29) is 6.04 Å². The van der Waals surface area contributed by atoms with Crippen molar-refractivity contribution in [1.82, 2.24) is 19.6 Å². The molecule has 1 fully saturated rings. The highest BCUT2D eigenvalue weighted by Crippen LogP contribution is 2.20. The first-order valence-electron chi connectivity index (χ1n) is 6.44. The highest BCUT2D eigenvalue weighted by atomic mass is 32.2. The van der Waals surface area contributed by atoms with Crippen LogP contribution in [-0.2, 0) is 23.0 Å². The van der Waals surface area contributed by atoms with E-state index in [1.807, 2.05) is 4.57 Å². The van der Waals surface area contributed by atoms with Crippen LogP contribution >= 0.6 is 0 Å². The van der Waals surface area contributed by atoms with Crippen LogP contribution in [0, 0.1) is 0 Å². The average Bonchev–Trinajstić information content (AvgIpc) is 2.90. The standard InChI is InChI=1S/C11H18N4O2S/c16-18(17,14-9-3-1-5-12-7-9)11-8-13-10-4-2-6-15(10)11/h8-9,12,14H,1-7H2. The Bertz CT molecular complexity index is 531. The Morgan fingerprint density at radius 1 is 1.44 bits per heavy atom. The third-order valence-corrected chi connectivity index (χ3v) is 5.10. The molecule has 1 saturated heterocycles. The minimum atomic E-state index is -3.43. The summed E-state index contributed by atoms with van der Waals surface area (Å²) in [4.78, 5) is 4.18. The summed E-state index contributed by atoms with van der Waals surface area (Å²) in [6.07, 6.45) is 5.25. The molecule has 7 heteroatoms. The van der Waals surface area contributed by atoms with E-state index in [9.17, 15) is 8.42 Å². The highest BCUT2D eigenvalue weighted by molar-refractivity contribution is 7.89. The van der Waals surface area contributed by atoms with Crippen LogP contribution < -0.4 is 10.0 Å². The van der Waals surface area contributed by atoms with Gasteiger partial charge in [0, 0.05) is 25.6 Å². The smallest absolute Gasteiger partial charge is 0.258 e. The van der Waals surface area contributed by atoms with E-state index in [1.54, 1.807) is 0 Å². The first-order chi connectivity index (χ1) is 8.67. The lowest BCUT2D eigenvalue weighted by Crippen LogP contribution is -2.45. The fourth-order valence-electron chi connectivity index (χ4n) is 2.68. The van der Waals surface area contributed by atoms with Crippen LogP contribution in [0.15, 0.2) is 11.2 Å². The summed E-state index contributed by atoms with van der Waals surface area (Å²) in [5.41, 5.74) is 0. The number of nitrogens with one attached hydrogen (secondary N) is 2. The van der Waals surface area contributed by atoms with Crippen molar-refractivity contribution in [3.63, 3.8) is 0 Å². The molecule has 0 amide bonds. The molecule has 1 aromatic heterocycles. The number of rotatable bonds is 3. The predicted molar refractivity (Wildman–Crippen MR) is 66.8 cm³/mol. The van der Waals surface area contributed by atoms with Crippen LogP contribution in [0.2, 0.25) is 0 Å². The minimum absolute atomic E-state index is 0.00342. The van der Waals surface area contributed by atoms with Gasteiger partial charge in [0.2, 0.25) is 0 Å². The van der Waals surface area contributed by atoms with Crippen molar-refractivity contribution in [1.29, 1.82) is 0 Å². The van der Waals surface area contributed by atoms with E-state index in [0.29, 0.717) is 11.6 Å². The van der Waals surface area contributed by atoms with Gasteiger partial charge in [0.15, 0.2) is 5.03 Å². The van der Waals surface area contributed by atoms with E-state index in [4.69, 9.17) is 0 Å². The number of aryl methyl sites for hydroxylation is 1. The van der Waals surface area contributed by atoms with Crippen molar-refractivity contribution in [2.24, 2.45) is 0 Å². The summed E-state index contributed by atoms with van der Waals surface area (Å²) in [5, 5.41) is 3.53. The summed E-state index contributed by atoms with van der Waals surface area (Å²) in [7, 11) is -3.43. The van der Waals surface area contributed by atoms with E-state index < -0.39 is 10.0 Å². The van der Waals surface area contributed by atoms with Gasteiger partial charge in [-0.05, 0) is 25.8 Å². The summed E-state index contributed by atoms with van der Waals surface area (Å²) in [6, 6.07) is -0.00342. The van der Waals surface area contributed by atoms with Crippen LogP contribution in [0.3, 0.4) is 0 Å². The van der Waals surface area contributed by atoms with Crippen molar-refractivity contribution in [3.05, 3.63) is 12.0 Å². The molecule has 0 saturated carbocycles. The summed E-state index contributed by atoms with van der Waals surface area (Å²) < 4.78 is 29.2. The SMILES string of the molecule is O=S(=O)(NC1CCCNC1)c1cnc2n1CCC2. The van der Waals surface area contributed by atoms with E-state index in [0.717, 1.165) is 44.6 Å². The molecular formula is C11H18N4O2S. The summed E-state index contributed by atoms with van der Waals surface area (Å²) in [5.74, 6) is 0.886. The number of hydrogen-bond donors (Lipinski definition) is 2. The zero-order valence-corrected chi connectivity index (χ0v) is 11.0. The molecule has 2 aliphatic rings. The first-order valence-corrected chi connectivity index (χ1v) is 7.92. The molecule has 1 unspecified atom stereocenters. The van der Waals surface area contributed by atoms with Gasteiger partial charge in [-0.2, -0.15) is 0 Å². The van der Waals surface area contributed by atoms with Gasteiger partial charge in [-0.15, -0.1) is 0 Å². The Morgan fingerprint density at radius 3 is 3.11 bits per heavy atom. The number of nitrogens with zero attached hydrogens (tertiary/aromatic N) is 2. The van der Waals surface area contributed by atoms with Gasteiger partial charge in [-0.25, -0.2) is 18.1 Å². The third-order valence-electron chi connectivity index (χ3n) is 3.58. The van der Waals surface area contributed by atoms with Crippen molar-refractivity contribution in [2.45, 2.75) is 43.3 Å². The zero-order valence-electron chi connectivity index (χ0n) is 10.2. The van der Waals surface area contributed by atoms with Crippen molar-refractivity contribution in [3.8, 4) is 0 Å². The lowest BCUT2D eigenvalue weighted by molar-refractivity contribution is 0.427. The van der Waals surface area contributed by atoms with Crippen molar-refractivity contribution < 1.29 is 8.42 Å². The average molecular weight is 270 g/mol. The van der Waals surface area contributed by atoms with Crippen LogP contribution in [0.25, 0.3) is 0 Å². The first kappa shape index (κ1) is 12.1. The van der Waals surface area contributed by atoms with Gasteiger partial charge in [-0.1, -0.05) is 0 Å². The molecule has 3 rings (SSSR count). The van der Waals surface area contributed by atoms with Crippen LogP contribution in [-0.4, -0.2) is 37.1 Å². The number of piperidine rings is 1. The Kier molecular flexibility index (Phi) is 3.13. The maximum Gasteiger partial charge on any atom is 0.258 e. The molecule has 1 atom stereocenters. The molecule has 2 aliphatic heterocycles. The van der Waals surface area contributed by atoms with Gasteiger partial charge in [0.1, 0.15) is 5.82 Å². The molecule has 0 bridgehead atoms. The number of aromatic nitrogens is 2. The van der Waals surface area contributed by atoms with Gasteiger partial charge in [-0.3, -0.25) is 0 Å². The second-order valence-electron chi connectivity index (χ2n) is 4.93. The lowest BCUT2D eigenvalue weighted by atomic mass is 10.1. The van der Waals surface area contributed by atoms with Gasteiger partial charge in [0.05, 0.1) is 6.20 Å². The molecule has 1 aromatic rings. The Hall–Kier alpha value is -0.920. The Labute approximate surface area is 107 Å². The monoisotopic (exact) mass is 270 g/mol. The van der Waals surface area contributed by atoms with Gasteiger partial charge < -0.3 is 9.88 Å². The van der Waals surface area contributed by atoms with E-state index >= 15 is 0 Å². The topological polar surface area (TPSA) is 76.0 Å². The summed E-state index contributed by atoms with van der Waals surface area (Å²) in [6.45, 7) is 2.44. The van der Waals surface area contributed by atoms with Crippen molar-refractivity contribution in [2.75, 3.05) is 13.1 Å². The van der Waals surface area contributed by atoms with E-state index in [2.05, 4.69) is 15.0 Å². The largest absolute Gasteiger partial charge is 0.318 e. The molecule has 0 spiro atoms. The number of sulfonamides is 1. The van der Waals surface area contributed by atoms with Crippen LogP contribution in [0.1, 0.15) is 25.1 Å². The minimum Gasteiger partial charge on any atom is -0.318 e. The van der Waals surface area contributed by atoms with E-state index in [1.165, 1.54) is 6.20 Å². The molecule has 2 N–H and O–H groups in total. The molecule has 18 heavy (non-hydrogen) atoms. The molecule has 0 radical (unpaired) electrons. The maximum atomic E-state index is 12.3. The fraction of sp³-hybridized carbons (Fsp3) is 0.727. The zero-order chi connectivity index (χ0) is 12.6. The van der Waals surface area contributed by atoms with Crippen LogP contribution in [0.4, 0.5) is 0 Å². The second kappa shape index (κ2) is 4.64. The Balaban J connectivity index is 1.81. The van der Waals surface area contributed by atoms with Crippen LogP contribution in [0.5, 0.6) is 0 Å². The molecule has 3 heterocycles. The molecule has 0 aliphatic carbocycles. The fourth-order valence-corrected chi connectivity index (χ4v) is 4.12. The highest BCUT2D eigenvalue weighted by Gasteiger charge is 2.27. The Morgan fingerprint density at radius 2 is 2.33 bits per heavy atom. The van der Waals surface area contributed by atoms with Gasteiger partial charge in [0.25, 0.3) is 10.0 Å². The summed E-state index contributed by atoms with van der Waals surface area (Å²) >= 11 is 0. The number of fused-ring (bicyclic) bond motifs is 1. The second-order valence-corrected chi connectivity index (χ2v) is 6.59. The number of imidazole rings is 1. The molecule has 100 valence electrons. The molecule has 6 nitrogen and oxygen atoms in total. The van der Waals surface area contributed by atoms with Gasteiger partial charge >= 0.3 is 0 Å². The quantitative estimate of drug-likeness (QED) is 0.801. The predicted octanol–water partition coefficient (Wildman–Crippen LogP) is -0.140. The lowest BCUT2D eigenvalue weighted by Gasteiger charge is -2.23. The third kappa shape index (κ3) is 2.17. The molecular weight excluding hydrogens is 252 g/mol. The normalized spacial score (nSPS) is 24.1. The molecule has 0 aromatic carbocycles. The van der Waals surface area contributed by atoms with Crippen molar-refractivity contribution >= 4 is 10.0 Å². The number of hydrogen-bond acceptors (Lipinski definition) is 4. The maximum absolute atomic E-state index is 12.3.